The average Bonchev–Trinajstić information content (AvgIpc) is 3.49. The molecule has 0 aliphatic heterocycles. The van der Waals surface area contributed by atoms with E-state index in [9.17, 15) is 4.79 Å². The second-order valence-electron chi connectivity index (χ2n) is 6.83. The van der Waals surface area contributed by atoms with Gasteiger partial charge in [0.05, 0.1) is 24.1 Å². The maximum atomic E-state index is 12.4. The highest BCUT2D eigenvalue weighted by molar-refractivity contribution is 7.20. The van der Waals surface area contributed by atoms with Crippen LogP contribution in [0.4, 0.5) is 0 Å². The Morgan fingerprint density at radius 1 is 1.00 bits per heavy atom. The fourth-order valence-electron chi connectivity index (χ4n) is 3.01. The van der Waals surface area contributed by atoms with Gasteiger partial charge in [0.2, 0.25) is 5.91 Å². The molecule has 2 heterocycles. The van der Waals surface area contributed by atoms with Crippen LogP contribution in [0, 0.1) is 0 Å². The van der Waals surface area contributed by atoms with E-state index in [0.29, 0.717) is 24.7 Å². The van der Waals surface area contributed by atoms with E-state index < -0.39 is 0 Å². The van der Waals surface area contributed by atoms with Crippen LogP contribution in [0.5, 0.6) is 11.5 Å². The molecule has 158 valence electrons. The molecule has 31 heavy (non-hydrogen) atoms. The molecule has 0 aliphatic rings. The Morgan fingerprint density at radius 3 is 2.65 bits per heavy atom. The third-order valence-corrected chi connectivity index (χ3v) is 6.51. The van der Waals surface area contributed by atoms with Crippen LogP contribution >= 0.6 is 22.7 Å². The zero-order chi connectivity index (χ0) is 21.5. The number of carbonyl (C=O) groups is 1. The third-order valence-electron chi connectivity index (χ3n) is 4.58. The summed E-state index contributed by atoms with van der Waals surface area (Å²) in [5, 5.41) is 7.87. The van der Waals surface area contributed by atoms with E-state index in [4.69, 9.17) is 9.47 Å². The van der Waals surface area contributed by atoms with Crippen molar-refractivity contribution >= 4 is 28.6 Å². The molecule has 4 aromatic rings. The quantitative estimate of drug-likeness (QED) is 0.375. The lowest BCUT2D eigenvalue weighted by Crippen LogP contribution is -2.24. The van der Waals surface area contributed by atoms with Gasteiger partial charge in [0, 0.05) is 11.9 Å². The first kappa shape index (κ1) is 21.1. The molecule has 0 spiro atoms. The van der Waals surface area contributed by atoms with Crippen molar-refractivity contribution in [3.8, 4) is 21.4 Å². The summed E-state index contributed by atoms with van der Waals surface area (Å²) in [6, 6.07) is 19.7. The predicted molar refractivity (Wildman–Crippen MR) is 125 cm³/mol. The number of benzene rings is 2. The first-order valence-corrected chi connectivity index (χ1v) is 11.6. The topological polar surface area (TPSA) is 60.5 Å². The van der Waals surface area contributed by atoms with Crippen molar-refractivity contribution < 1.29 is 14.3 Å². The fourth-order valence-corrected chi connectivity index (χ4v) is 4.64. The highest BCUT2D eigenvalue weighted by Crippen LogP contribution is 2.29. The first-order chi connectivity index (χ1) is 15.2. The van der Waals surface area contributed by atoms with Crippen molar-refractivity contribution in [2.24, 2.45) is 0 Å². The highest BCUT2D eigenvalue weighted by Gasteiger charge is 2.11. The lowest BCUT2D eigenvalue weighted by molar-refractivity contribution is -0.120. The summed E-state index contributed by atoms with van der Waals surface area (Å²) < 4.78 is 11.4. The molecule has 0 unspecified atom stereocenters. The van der Waals surface area contributed by atoms with Gasteiger partial charge in [0.15, 0.2) is 11.5 Å². The van der Waals surface area contributed by atoms with Gasteiger partial charge in [-0.1, -0.05) is 42.5 Å². The van der Waals surface area contributed by atoms with Crippen LogP contribution in [0.3, 0.4) is 0 Å². The predicted octanol–water partition coefficient (Wildman–Crippen LogP) is 5.32. The van der Waals surface area contributed by atoms with E-state index in [1.165, 1.54) is 0 Å². The van der Waals surface area contributed by atoms with Crippen molar-refractivity contribution in [2.45, 2.75) is 19.6 Å². The van der Waals surface area contributed by atoms with Gasteiger partial charge in [-0.25, -0.2) is 4.98 Å². The number of methoxy groups -OCH3 is 1. The molecule has 5 nitrogen and oxygen atoms in total. The second-order valence-corrected chi connectivity index (χ2v) is 8.64. The molecule has 0 saturated heterocycles. The van der Waals surface area contributed by atoms with Crippen molar-refractivity contribution in [1.29, 1.82) is 0 Å². The lowest BCUT2D eigenvalue weighted by Gasteiger charge is -2.13. The van der Waals surface area contributed by atoms with Gasteiger partial charge in [-0.2, -0.15) is 0 Å². The normalized spacial score (nSPS) is 10.6. The number of ether oxygens (including phenoxy) is 2. The van der Waals surface area contributed by atoms with Crippen molar-refractivity contribution in [2.75, 3.05) is 7.11 Å². The van der Waals surface area contributed by atoms with Gasteiger partial charge in [-0.05, 0) is 34.7 Å². The highest BCUT2D eigenvalue weighted by atomic mass is 32.1. The number of aromatic nitrogens is 1. The number of nitrogens with zero attached hydrogens (tertiary/aromatic N) is 1. The van der Waals surface area contributed by atoms with Crippen molar-refractivity contribution in [3.63, 3.8) is 0 Å². The number of carbonyl (C=O) groups excluding carboxylic acids is 1. The Bertz CT molecular complexity index is 1120. The van der Waals surface area contributed by atoms with Gasteiger partial charge in [-0.3, -0.25) is 4.79 Å². The summed E-state index contributed by atoms with van der Waals surface area (Å²) >= 11 is 3.21. The minimum absolute atomic E-state index is 0.0635. The van der Waals surface area contributed by atoms with Crippen LogP contribution in [0.2, 0.25) is 0 Å². The number of hydrogen-bond acceptors (Lipinski definition) is 6. The van der Waals surface area contributed by atoms with E-state index in [1.54, 1.807) is 29.8 Å². The largest absolute Gasteiger partial charge is 0.493 e. The summed E-state index contributed by atoms with van der Waals surface area (Å²) in [7, 11) is 1.61. The molecule has 2 aromatic carbocycles. The smallest absolute Gasteiger partial charge is 0.226 e. The van der Waals surface area contributed by atoms with Crippen LogP contribution in [0.15, 0.2) is 71.4 Å². The molecule has 0 fully saturated rings. The molecule has 1 N–H and O–H groups in total. The lowest BCUT2D eigenvalue weighted by atomic mass is 10.2. The molecule has 1 amide bonds. The number of rotatable bonds is 9. The molecule has 2 aromatic heterocycles. The van der Waals surface area contributed by atoms with Crippen LogP contribution in [-0.4, -0.2) is 18.0 Å². The third kappa shape index (κ3) is 5.71. The van der Waals surface area contributed by atoms with Gasteiger partial charge >= 0.3 is 0 Å². The number of amides is 1. The summed E-state index contributed by atoms with van der Waals surface area (Å²) in [6.07, 6.45) is 0.261. The summed E-state index contributed by atoms with van der Waals surface area (Å²) in [5.74, 6) is 1.25. The molecule has 0 bridgehead atoms. The number of thiazole rings is 1. The molecular weight excluding hydrogens is 428 g/mol. The summed E-state index contributed by atoms with van der Waals surface area (Å²) in [5.41, 5.74) is 2.81. The molecule has 0 saturated carbocycles. The molecule has 0 atom stereocenters. The maximum Gasteiger partial charge on any atom is 0.226 e. The first-order valence-electron chi connectivity index (χ1n) is 9.80. The molecular formula is C24H22N2O3S2. The van der Waals surface area contributed by atoms with Gasteiger partial charge in [0.25, 0.3) is 0 Å². The zero-order valence-electron chi connectivity index (χ0n) is 17.0. The number of hydrogen-bond donors (Lipinski definition) is 1. The van der Waals surface area contributed by atoms with Gasteiger partial charge in [0.1, 0.15) is 11.6 Å². The molecule has 0 radical (unpaired) electrons. The van der Waals surface area contributed by atoms with Crippen LogP contribution in [0.25, 0.3) is 9.88 Å². The number of nitrogens with one attached hydrogen (secondary N) is 1. The van der Waals surface area contributed by atoms with Crippen LogP contribution < -0.4 is 14.8 Å². The molecule has 0 aliphatic carbocycles. The van der Waals surface area contributed by atoms with Gasteiger partial charge < -0.3 is 14.8 Å². The van der Waals surface area contributed by atoms with E-state index in [-0.39, 0.29) is 12.3 Å². The number of thiophene rings is 1. The second kappa shape index (κ2) is 10.2. The Hall–Kier alpha value is -3.16. The monoisotopic (exact) mass is 450 g/mol. The standard InChI is InChI=1S/C24H22N2O3S2/c1-28-21-12-18(9-10-20(21)29-15-17-6-3-2-4-7-17)14-25-23(27)13-19-16-31-24(26-19)22-8-5-11-30-22/h2-12,16H,13-15H2,1H3,(H,25,27). The maximum absolute atomic E-state index is 12.4. The van der Waals surface area contributed by atoms with Crippen LogP contribution in [-0.2, 0) is 24.4 Å². The zero-order valence-corrected chi connectivity index (χ0v) is 18.7. The van der Waals surface area contributed by atoms with Gasteiger partial charge in [-0.15, -0.1) is 22.7 Å². The Kier molecular flexibility index (Phi) is 6.96. The molecule has 4 rings (SSSR count). The minimum Gasteiger partial charge on any atom is -0.493 e. The van der Waals surface area contributed by atoms with Crippen molar-refractivity contribution in [3.05, 3.63) is 88.2 Å². The summed E-state index contributed by atoms with van der Waals surface area (Å²) in [6.45, 7) is 0.879. The Balaban J connectivity index is 1.31. The Morgan fingerprint density at radius 2 is 1.87 bits per heavy atom. The Labute approximate surface area is 189 Å². The van der Waals surface area contributed by atoms with E-state index in [0.717, 1.165) is 26.7 Å². The van der Waals surface area contributed by atoms with Crippen LogP contribution in [0.1, 0.15) is 16.8 Å². The van der Waals surface area contributed by atoms with E-state index in [2.05, 4.69) is 10.3 Å². The SMILES string of the molecule is COc1cc(CNC(=O)Cc2csc(-c3cccs3)n2)ccc1OCc1ccccc1. The minimum atomic E-state index is -0.0635. The van der Waals surface area contributed by atoms with E-state index in [1.807, 2.05) is 71.4 Å². The molecule has 7 heteroatoms. The van der Waals surface area contributed by atoms with Crippen molar-refractivity contribution in [1.82, 2.24) is 10.3 Å². The average molecular weight is 451 g/mol. The van der Waals surface area contributed by atoms with E-state index >= 15 is 0 Å². The summed E-state index contributed by atoms with van der Waals surface area (Å²) in [4.78, 5) is 18.0. The fraction of sp³-hybridized carbons (Fsp3) is 0.167.